The van der Waals surface area contributed by atoms with Crippen LogP contribution in [0.15, 0.2) is 22.7 Å². The number of anilines is 1. The molecule has 1 saturated carbocycles. The van der Waals surface area contributed by atoms with Gasteiger partial charge in [0, 0.05) is 22.5 Å². The van der Waals surface area contributed by atoms with E-state index in [9.17, 15) is 0 Å². The van der Waals surface area contributed by atoms with Crippen LogP contribution in [-0.4, -0.2) is 9.55 Å². The minimum atomic E-state index is 0.578. The van der Waals surface area contributed by atoms with Gasteiger partial charge in [-0.1, -0.05) is 28.9 Å². The average Bonchev–Trinajstić information content (AvgIpc) is 3.19. The number of benzene rings is 1. The highest BCUT2D eigenvalue weighted by molar-refractivity contribution is 9.10. The number of rotatable bonds is 4. The SMILES string of the molecule is CCCc1nc(-c2ccc(Br)c(C)c2)c(N)n1C1CC1. The van der Waals surface area contributed by atoms with Gasteiger partial charge in [-0.25, -0.2) is 4.98 Å². The standard InChI is InChI=1S/C16H20BrN3/c1-3-4-14-19-15(16(18)20(14)12-6-7-12)11-5-8-13(17)10(2)9-11/h5,8-9,12H,3-4,6-7,18H2,1-2H3. The van der Waals surface area contributed by atoms with E-state index in [1.54, 1.807) is 0 Å². The number of imidazole rings is 1. The van der Waals surface area contributed by atoms with Crippen molar-refractivity contribution < 1.29 is 0 Å². The topological polar surface area (TPSA) is 43.8 Å². The van der Waals surface area contributed by atoms with Gasteiger partial charge in [-0.15, -0.1) is 0 Å². The second-order valence-corrected chi connectivity index (χ2v) is 6.43. The Bertz CT molecular complexity index is 641. The first-order valence-electron chi connectivity index (χ1n) is 7.25. The highest BCUT2D eigenvalue weighted by atomic mass is 79.9. The molecule has 0 aliphatic heterocycles. The summed E-state index contributed by atoms with van der Waals surface area (Å²) in [6.07, 6.45) is 4.56. The summed E-state index contributed by atoms with van der Waals surface area (Å²) in [5.41, 5.74) is 9.64. The Balaban J connectivity index is 2.08. The second kappa shape index (κ2) is 5.24. The third kappa shape index (κ3) is 2.37. The second-order valence-electron chi connectivity index (χ2n) is 5.58. The molecule has 3 rings (SSSR count). The molecule has 0 saturated heterocycles. The van der Waals surface area contributed by atoms with Crippen molar-refractivity contribution >= 4 is 21.7 Å². The summed E-state index contributed by atoms with van der Waals surface area (Å²) in [4.78, 5) is 4.82. The number of hydrogen-bond acceptors (Lipinski definition) is 2. The van der Waals surface area contributed by atoms with E-state index in [0.29, 0.717) is 6.04 Å². The maximum Gasteiger partial charge on any atom is 0.131 e. The van der Waals surface area contributed by atoms with E-state index in [0.717, 1.165) is 40.2 Å². The lowest BCUT2D eigenvalue weighted by atomic mass is 10.1. The van der Waals surface area contributed by atoms with Gasteiger partial charge in [-0.2, -0.15) is 0 Å². The molecule has 3 nitrogen and oxygen atoms in total. The number of halogens is 1. The lowest BCUT2D eigenvalue weighted by molar-refractivity contribution is 0.676. The molecule has 0 radical (unpaired) electrons. The molecular formula is C16H20BrN3. The molecule has 1 aromatic heterocycles. The Morgan fingerprint density at radius 1 is 1.40 bits per heavy atom. The van der Waals surface area contributed by atoms with Crippen LogP contribution in [0.1, 0.15) is 43.6 Å². The summed E-state index contributed by atoms with van der Waals surface area (Å²) in [5, 5.41) is 0. The summed E-state index contributed by atoms with van der Waals surface area (Å²) >= 11 is 3.54. The third-order valence-electron chi connectivity index (χ3n) is 3.84. The third-order valence-corrected chi connectivity index (χ3v) is 4.73. The Kier molecular flexibility index (Phi) is 3.59. The maximum absolute atomic E-state index is 6.38. The van der Waals surface area contributed by atoms with Crippen molar-refractivity contribution in [2.75, 3.05) is 5.73 Å². The molecule has 1 fully saturated rings. The number of aryl methyl sites for hydroxylation is 2. The van der Waals surface area contributed by atoms with Crippen molar-refractivity contribution in [1.82, 2.24) is 9.55 Å². The van der Waals surface area contributed by atoms with E-state index < -0.39 is 0 Å². The van der Waals surface area contributed by atoms with Gasteiger partial charge in [0.2, 0.25) is 0 Å². The monoisotopic (exact) mass is 333 g/mol. The molecule has 0 atom stereocenters. The molecule has 106 valence electrons. The zero-order valence-corrected chi connectivity index (χ0v) is 13.6. The Morgan fingerprint density at radius 2 is 2.15 bits per heavy atom. The first kappa shape index (κ1) is 13.7. The van der Waals surface area contributed by atoms with Crippen LogP contribution >= 0.6 is 15.9 Å². The Labute approximate surface area is 128 Å². The first-order valence-corrected chi connectivity index (χ1v) is 8.04. The lowest BCUT2D eigenvalue weighted by Gasteiger charge is -2.07. The van der Waals surface area contributed by atoms with Crippen LogP contribution in [0.2, 0.25) is 0 Å². The molecular weight excluding hydrogens is 314 g/mol. The largest absolute Gasteiger partial charge is 0.383 e. The Morgan fingerprint density at radius 3 is 2.75 bits per heavy atom. The fourth-order valence-corrected chi connectivity index (χ4v) is 2.88. The Hall–Kier alpha value is -1.29. The van der Waals surface area contributed by atoms with Gasteiger partial charge in [0.05, 0.1) is 0 Å². The summed E-state index contributed by atoms with van der Waals surface area (Å²) in [5.74, 6) is 1.97. The zero-order chi connectivity index (χ0) is 14.3. The fourth-order valence-electron chi connectivity index (χ4n) is 2.64. The van der Waals surface area contributed by atoms with E-state index in [2.05, 4.69) is 52.5 Å². The number of nitrogen functional groups attached to an aromatic ring is 1. The summed E-state index contributed by atoms with van der Waals surface area (Å²) < 4.78 is 3.38. The van der Waals surface area contributed by atoms with Crippen molar-refractivity contribution in [2.24, 2.45) is 0 Å². The molecule has 0 bridgehead atoms. The van der Waals surface area contributed by atoms with Crippen LogP contribution in [0.5, 0.6) is 0 Å². The van der Waals surface area contributed by atoms with Gasteiger partial charge in [0.15, 0.2) is 0 Å². The smallest absolute Gasteiger partial charge is 0.131 e. The predicted molar refractivity (Wildman–Crippen MR) is 86.8 cm³/mol. The first-order chi connectivity index (χ1) is 9.61. The molecule has 0 amide bonds. The highest BCUT2D eigenvalue weighted by Gasteiger charge is 2.29. The highest BCUT2D eigenvalue weighted by Crippen LogP contribution is 2.41. The van der Waals surface area contributed by atoms with E-state index in [-0.39, 0.29) is 0 Å². The number of hydrogen-bond donors (Lipinski definition) is 1. The lowest BCUT2D eigenvalue weighted by Crippen LogP contribution is -2.05. The van der Waals surface area contributed by atoms with Crippen LogP contribution in [0.25, 0.3) is 11.3 Å². The minimum absolute atomic E-state index is 0.578. The molecule has 1 aromatic carbocycles. The number of nitrogens with two attached hydrogens (primary N) is 1. The molecule has 4 heteroatoms. The molecule has 20 heavy (non-hydrogen) atoms. The molecule has 1 aliphatic rings. The average molecular weight is 334 g/mol. The molecule has 2 aromatic rings. The van der Waals surface area contributed by atoms with Crippen LogP contribution in [-0.2, 0) is 6.42 Å². The number of aromatic nitrogens is 2. The van der Waals surface area contributed by atoms with E-state index >= 15 is 0 Å². The van der Waals surface area contributed by atoms with E-state index in [4.69, 9.17) is 10.7 Å². The summed E-state index contributed by atoms with van der Waals surface area (Å²) in [6, 6.07) is 6.88. The van der Waals surface area contributed by atoms with Crippen molar-refractivity contribution in [3.8, 4) is 11.3 Å². The van der Waals surface area contributed by atoms with Crippen LogP contribution in [0.4, 0.5) is 5.82 Å². The van der Waals surface area contributed by atoms with Gasteiger partial charge in [0.25, 0.3) is 0 Å². The summed E-state index contributed by atoms with van der Waals surface area (Å²) in [6.45, 7) is 4.28. The van der Waals surface area contributed by atoms with Gasteiger partial charge < -0.3 is 10.3 Å². The molecule has 0 spiro atoms. The quantitative estimate of drug-likeness (QED) is 0.895. The van der Waals surface area contributed by atoms with Gasteiger partial charge >= 0.3 is 0 Å². The van der Waals surface area contributed by atoms with Gasteiger partial charge in [0.1, 0.15) is 17.3 Å². The predicted octanol–water partition coefficient (Wildman–Crippen LogP) is 4.49. The van der Waals surface area contributed by atoms with Gasteiger partial charge in [-0.05, 0) is 43.9 Å². The maximum atomic E-state index is 6.38. The van der Waals surface area contributed by atoms with Crippen molar-refractivity contribution in [3.05, 3.63) is 34.1 Å². The van der Waals surface area contributed by atoms with Crippen molar-refractivity contribution in [3.63, 3.8) is 0 Å². The number of nitrogens with zero attached hydrogens (tertiary/aromatic N) is 2. The van der Waals surface area contributed by atoms with Gasteiger partial charge in [-0.3, -0.25) is 0 Å². The molecule has 1 aliphatic carbocycles. The zero-order valence-electron chi connectivity index (χ0n) is 12.0. The molecule has 2 N–H and O–H groups in total. The van der Waals surface area contributed by atoms with E-state index in [1.807, 2.05) is 0 Å². The normalized spacial score (nSPS) is 14.8. The van der Waals surface area contributed by atoms with Crippen molar-refractivity contribution in [1.29, 1.82) is 0 Å². The molecule has 0 unspecified atom stereocenters. The van der Waals surface area contributed by atoms with Crippen molar-refractivity contribution in [2.45, 2.75) is 45.6 Å². The van der Waals surface area contributed by atoms with Crippen LogP contribution < -0.4 is 5.73 Å². The van der Waals surface area contributed by atoms with Crippen LogP contribution in [0.3, 0.4) is 0 Å². The minimum Gasteiger partial charge on any atom is -0.383 e. The summed E-state index contributed by atoms with van der Waals surface area (Å²) in [7, 11) is 0. The van der Waals surface area contributed by atoms with Crippen LogP contribution in [0, 0.1) is 6.92 Å². The molecule has 1 heterocycles. The fraction of sp³-hybridized carbons (Fsp3) is 0.438. The van der Waals surface area contributed by atoms with E-state index in [1.165, 1.54) is 18.4 Å².